The van der Waals surface area contributed by atoms with Crippen LogP contribution in [-0.2, 0) is 14.4 Å². The van der Waals surface area contributed by atoms with Gasteiger partial charge in [0.1, 0.15) is 6.04 Å². The van der Waals surface area contributed by atoms with Crippen LogP contribution >= 0.6 is 11.8 Å². The first-order valence-corrected chi connectivity index (χ1v) is 13.8. The average Bonchev–Trinajstić information content (AvgIpc) is 3.45. The van der Waals surface area contributed by atoms with E-state index >= 15 is 0 Å². The van der Waals surface area contributed by atoms with Crippen molar-refractivity contribution in [1.82, 2.24) is 10.2 Å². The van der Waals surface area contributed by atoms with E-state index in [2.05, 4.69) is 24.5 Å². The molecule has 2 unspecified atom stereocenters. The van der Waals surface area contributed by atoms with Gasteiger partial charge in [-0.25, -0.2) is 0 Å². The fraction of sp³-hybridized carbons (Fsp3) is 0.667. The van der Waals surface area contributed by atoms with Gasteiger partial charge in [0.15, 0.2) is 0 Å². The van der Waals surface area contributed by atoms with E-state index in [4.69, 9.17) is 0 Å². The molecule has 3 aliphatic rings. The number of carbonyl (C=O) groups is 3. The molecule has 4 rings (SSSR count). The fourth-order valence-electron chi connectivity index (χ4n) is 6.47. The number of thioether (sulfide) groups is 1. The molecule has 3 N–H and O–H groups in total. The summed E-state index contributed by atoms with van der Waals surface area (Å²) in [6, 6.07) is 4.68. The summed E-state index contributed by atoms with van der Waals surface area (Å²) >= 11 is 1.66. The highest BCUT2D eigenvalue weighted by Gasteiger charge is 2.74. The minimum Gasteiger partial charge on any atom is -0.394 e. The van der Waals surface area contributed by atoms with Gasteiger partial charge in [0.25, 0.3) is 0 Å². The fourth-order valence-corrected chi connectivity index (χ4v) is 8.68. The van der Waals surface area contributed by atoms with Crippen LogP contribution < -0.4 is 10.6 Å². The van der Waals surface area contributed by atoms with E-state index in [1.807, 2.05) is 39.0 Å². The van der Waals surface area contributed by atoms with E-state index < -0.39 is 28.7 Å². The van der Waals surface area contributed by atoms with Gasteiger partial charge in [0, 0.05) is 17.5 Å². The monoisotopic (exact) mass is 501 g/mol. The number of nitrogens with one attached hydrogen (secondary N) is 2. The van der Waals surface area contributed by atoms with Crippen LogP contribution in [0.2, 0.25) is 0 Å². The maximum absolute atomic E-state index is 14.1. The quantitative estimate of drug-likeness (QED) is 0.482. The molecule has 0 aromatic heterocycles. The van der Waals surface area contributed by atoms with Crippen LogP contribution in [0.1, 0.15) is 57.6 Å². The van der Waals surface area contributed by atoms with Crippen molar-refractivity contribution in [2.24, 2.45) is 17.8 Å². The Morgan fingerprint density at radius 2 is 1.91 bits per heavy atom. The van der Waals surface area contributed by atoms with Crippen molar-refractivity contribution in [3.63, 3.8) is 0 Å². The Balaban J connectivity index is 1.75. The van der Waals surface area contributed by atoms with E-state index in [0.717, 1.165) is 36.1 Å². The smallest absolute Gasteiger partial charge is 0.248 e. The zero-order valence-electron chi connectivity index (χ0n) is 21.5. The van der Waals surface area contributed by atoms with E-state index in [0.29, 0.717) is 13.0 Å². The van der Waals surface area contributed by atoms with Crippen molar-refractivity contribution in [1.29, 1.82) is 0 Å². The summed E-state index contributed by atoms with van der Waals surface area (Å²) in [6.07, 6.45) is 2.96. The summed E-state index contributed by atoms with van der Waals surface area (Å²) in [6.45, 7) is 10.4. The third kappa shape index (κ3) is 4.37. The lowest BCUT2D eigenvalue weighted by Gasteiger charge is -2.37. The van der Waals surface area contributed by atoms with Gasteiger partial charge in [-0.3, -0.25) is 14.4 Å². The number of hydrogen-bond acceptors (Lipinski definition) is 5. The molecule has 3 fully saturated rings. The molecule has 3 saturated heterocycles. The van der Waals surface area contributed by atoms with Crippen molar-refractivity contribution in [3.05, 3.63) is 29.3 Å². The first-order chi connectivity index (χ1) is 16.7. The summed E-state index contributed by atoms with van der Waals surface area (Å²) in [5.74, 6) is -1.19. The highest BCUT2D eigenvalue weighted by atomic mass is 32.2. The van der Waals surface area contributed by atoms with E-state index in [1.165, 1.54) is 0 Å². The second-order valence-corrected chi connectivity index (χ2v) is 12.4. The van der Waals surface area contributed by atoms with Gasteiger partial charge < -0.3 is 20.6 Å². The normalized spacial score (nSPS) is 30.0. The number of likely N-dealkylation sites (tertiary alicyclic amines) is 1. The second kappa shape index (κ2) is 10.1. The SMILES string of the molecule is CCCNC(=O)[C@@H]1[C@H]2C(=O)N([C@@H](CO)CC(C)C)C(C(=O)Nc3c(C)cccc3C)C23CC[C@H]1S3. The first kappa shape index (κ1) is 26.0. The van der Waals surface area contributed by atoms with Crippen LogP contribution in [0, 0.1) is 31.6 Å². The zero-order chi connectivity index (χ0) is 25.5. The molecular formula is C27H39N3O4S. The number of carbonyl (C=O) groups excluding carboxylic acids is 3. The number of hydrogen-bond donors (Lipinski definition) is 3. The van der Waals surface area contributed by atoms with E-state index in [1.54, 1.807) is 16.7 Å². The molecule has 1 aromatic rings. The Kier molecular flexibility index (Phi) is 7.53. The number of para-hydroxylation sites is 1. The molecule has 3 aliphatic heterocycles. The molecule has 3 amide bonds. The van der Waals surface area contributed by atoms with Crippen LogP contribution in [0.15, 0.2) is 18.2 Å². The maximum Gasteiger partial charge on any atom is 0.248 e. The topological polar surface area (TPSA) is 98.7 Å². The lowest BCUT2D eigenvalue weighted by atomic mass is 9.70. The molecule has 0 saturated carbocycles. The standard InChI is InChI=1S/C27H39N3O4S/c1-6-12-28-24(32)20-19-10-11-27(35-19)21(20)26(34)30(18(14-31)13-15(2)3)23(27)25(33)29-22-16(4)8-7-9-17(22)5/h7-9,15,18-21,23,31H,6,10-14H2,1-5H3,(H,28,32)(H,29,33)/t18-,19-,20+,21+,23?,27?/m1/s1. The van der Waals surface area contributed by atoms with Crippen molar-refractivity contribution >= 4 is 35.2 Å². The summed E-state index contributed by atoms with van der Waals surface area (Å²) in [5, 5.41) is 16.5. The summed E-state index contributed by atoms with van der Waals surface area (Å²) < 4.78 is -0.652. The van der Waals surface area contributed by atoms with Crippen LogP contribution in [0.25, 0.3) is 0 Å². The first-order valence-electron chi connectivity index (χ1n) is 12.9. The molecule has 192 valence electrons. The molecule has 0 radical (unpaired) electrons. The van der Waals surface area contributed by atoms with Gasteiger partial charge in [0.05, 0.1) is 29.2 Å². The maximum atomic E-state index is 14.1. The number of aryl methyl sites for hydroxylation is 2. The van der Waals surface area contributed by atoms with Gasteiger partial charge >= 0.3 is 0 Å². The third-order valence-corrected chi connectivity index (χ3v) is 9.87. The number of nitrogens with zero attached hydrogens (tertiary/aromatic N) is 1. The minimum atomic E-state index is -0.728. The molecule has 0 aliphatic carbocycles. The van der Waals surface area contributed by atoms with Gasteiger partial charge in [-0.1, -0.05) is 39.0 Å². The Morgan fingerprint density at radius 3 is 2.51 bits per heavy atom. The largest absolute Gasteiger partial charge is 0.394 e. The molecule has 1 spiro atoms. The lowest BCUT2D eigenvalue weighted by Crippen LogP contribution is -2.55. The van der Waals surface area contributed by atoms with Crippen LogP contribution in [0.5, 0.6) is 0 Å². The third-order valence-electron chi connectivity index (χ3n) is 7.92. The average molecular weight is 502 g/mol. The number of rotatable bonds is 9. The molecule has 2 bridgehead atoms. The molecule has 8 heteroatoms. The highest BCUT2D eigenvalue weighted by Crippen LogP contribution is 2.66. The van der Waals surface area contributed by atoms with Crippen molar-refractivity contribution in [3.8, 4) is 0 Å². The molecule has 7 nitrogen and oxygen atoms in total. The number of benzene rings is 1. The molecule has 1 aromatic carbocycles. The predicted octanol–water partition coefficient (Wildman–Crippen LogP) is 3.27. The number of aliphatic hydroxyl groups excluding tert-OH is 1. The van der Waals surface area contributed by atoms with Crippen LogP contribution in [-0.4, -0.2) is 63.0 Å². The van der Waals surface area contributed by atoms with Crippen molar-refractivity contribution in [2.75, 3.05) is 18.5 Å². The number of amides is 3. The van der Waals surface area contributed by atoms with Crippen molar-refractivity contribution in [2.45, 2.75) is 82.4 Å². The second-order valence-electron chi connectivity index (χ2n) is 10.8. The molecular weight excluding hydrogens is 462 g/mol. The molecule has 35 heavy (non-hydrogen) atoms. The summed E-state index contributed by atoms with van der Waals surface area (Å²) in [7, 11) is 0. The number of aliphatic hydroxyl groups is 1. The highest BCUT2D eigenvalue weighted by molar-refractivity contribution is 8.02. The van der Waals surface area contributed by atoms with Crippen molar-refractivity contribution < 1.29 is 19.5 Å². The van der Waals surface area contributed by atoms with Crippen LogP contribution in [0.4, 0.5) is 5.69 Å². The van der Waals surface area contributed by atoms with E-state index in [-0.39, 0.29) is 35.5 Å². The van der Waals surface area contributed by atoms with Gasteiger partial charge in [-0.05, 0) is 56.6 Å². The molecule has 6 atom stereocenters. The van der Waals surface area contributed by atoms with Crippen LogP contribution in [0.3, 0.4) is 0 Å². The Labute approximate surface area is 212 Å². The van der Waals surface area contributed by atoms with Gasteiger partial charge in [0.2, 0.25) is 17.7 Å². The molecule has 3 heterocycles. The minimum absolute atomic E-state index is 0.0381. The lowest BCUT2D eigenvalue weighted by molar-refractivity contribution is -0.142. The number of fused-ring (bicyclic) bond motifs is 1. The summed E-state index contributed by atoms with van der Waals surface area (Å²) in [4.78, 5) is 43.0. The Hall–Kier alpha value is -2.06. The number of anilines is 1. The van der Waals surface area contributed by atoms with E-state index in [9.17, 15) is 19.5 Å². The van der Waals surface area contributed by atoms with Gasteiger partial charge in [-0.2, -0.15) is 0 Å². The Morgan fingerprint density at radius 1 is 1.23 bits per heavy atom. The summed E-state index contributed by atoms with van der Waals surface area (Å²) in [5.41, 5.74) is 2.69. The Bertz CT molecular complexity index is 978. The predicted molar refractivity (Wildman–Crippen MR) is 139 cm³/mol. The van der Waals surface area contributed by atoms with Gasteiger partial charge in [-0.15, -0.1) is 11.8 Å². The zero-order valence-corrected chi connectivity index (χ0v) is 22.3.